The summed E-state index contributed by atoms with van der Waals surface area (Å²) < 4.78 is 4.49. The Kier molecular flexibility index (Phi) is 0.242. The molecule has 1 fully saturated rings. The predicted molar refractivity (Wildman–Crippen MR) is 13.9 cm³/mol. The van der Waals surface area contributed by atoms with Crippen LogP contribution >= 0.6 is 0 Å². The molecule has 0 aliphatic carbocycles. The Labute approximate surface area is 24.6 Å². The third kappa shape index (κ3) is 0.191. The van der Waals surface area contributed by atoms with Crippen molar-refractivity contribution in [3.05, 3.63) is 0 Å². The zero-order valence-corrected chi connectivity index (χ0v) is 2.27. The predicted octanol–water partition coefficient (Wildman–Crippen LogP) is -0.699. The molecular formula is C2H5NO. The van der Waals surface area contributed by atoms with Crippen LogP contribution in [0.5, 0.6) is 0 Å². The summed E-state index contributed by atoms with van der Waals surface area (Å²) in [6, 6.07) is 0. The van der Waals surface area contributed by atoms with Gasteiger partial charge < -0.3 is 10.5 Å². The van der Waals surface area contributed by atoms with Crippen LogP contribution in [0.25, 0.3) is 0 Å². The van der Waals surface area contributed by atoms with Crippen molar-refractivity contribution in [2.45, 2.75) is 6.23 Å². The fourth-order valence-electron chi connectivity index (χ4n) is 0.0556. The first kappa shape index (κ1) is 2.18. The Bertz CT molecular complexity index is 25.2. The molecule has 0 spiro atoms. The second kappa shape index (κ2) is 0.445. The monoisotopic (exact) mass is 59.0 g/mol. The second-order valence-corrected chi connectivity index (χ2v) is 0.872. The first-order valence-electron chi connectivity index (χ1n) is 1.27. The maximum absolute atomic E-state index is 5.00. The minimum absolute atomic E-state index is 0.0833. The highest BCUT2D eigenvalue weighted by Crippen LogP contribution is 1.96. The van der Waals surface area contributed by atoms with Crippen LogP contribution in [0.1, 0.15) is 0 Å². The maximum Gasteiger partial charge on any atom is 0.129 e. The molecule has 0 aromatic heterocycles. The van der Waals surface area contributed by atoms with Gasteiger partial charge in [0.2, 0.25) is 0 Å². The van der Waals surface area contributed by atoms with Gasteiger partial charge in [0.05, 0.1) is 6.61 Å². The van der Waals surface area contributed by atoms with E-state index in [-0.39, 0.29) is 6.23 Å². The van der Waals surface area contributed by atoms with E-state index >= 15 is 0 Å². The van der Waals surface area contributed by atoms with E-state index in [0.29, 0.717) is 0 Å². The van der Waals surface area contributed by atoms with Crippen LogP contribution in [0.3, 0.4) is 0 Å². The summed E-state index contributed by atoms with van der Waals surface area (Å²) in [5.41, 5.74) is 5.00. The number of hydrogen-bond acceptors (Lipinski definition) is 2. The highest BCUT2D eigenvalue weighted by Gasteiger charge is 2.13. The molecule has 4 heavy (non-hydrogen) atoms. The van der Waals surface area contributed by atoms with Gasteiger partial charge in [-0.3, -0.25) is 0 Å². The van der Waals surface area contributed by atoms with Crippen LogP contribution in [0.4, 0.5) is 0 Å². The summed E-state index contributed by atoms with van der Waals surface area (Å²) in [6.45, 7) is 0.764. The first-order valence-corrected chi connectivity index (χ1v) is 1.27. The van der Waals surface area contributed by atoms with Gasteiger partial charge in [-0.15, -0.1) is 0 Å². The Hall–Kier alpha value is -0.0800. The minimum atomic E-state index is 0.0833. The van der Waals surface area contributed by atoms with Gasteiger partial charge in [0, 0.05) is 0 Å². The zero-order chi connectivity index (χ0) is 2.99. The SMILES string of the molecule is N[C@H]1CO1. The molecule has 0 aromatic carbocycles. The summed E-state index contributed by atoms with van der Waals surface area (Å²) in [5.74, 6) is 0. The average molecular weight is 59.1 g/mol. The number of epoxide rings is 1. The van der Waals surface area contributed by atoms with Gasteiger partial charge in [-0.1, -0.05) is 0 Å². The van der Waals surface area contributed by atoms with Gasteiger partial charge in [-0.25, -0.2) is 0 Å². The van der Waals surface area contributed by atoms with Crippen molar-refractivity contribution in [1.82, 2.24) is 0 Å². The number of rotatable bonds is 0. The largest absolute Gasteiger partial charge is 0.357 e. The van der Waals surface area contributed by atoms with Crippen molar-refractivity contribution >= 4 is 0 Å². The van der Waals surface area contributed by atoms with E-state index in [9.17, 15) is 0 Å². The molecule has 1 rings (SSSR count). The summed E-state index contributed by atoms with van der Waals surface area (Å²) >= 11 is 0. The Morgan fingerprint density at radius 1 is 2.00 bits per heavy atom. The van der Waals surface area contributed by atoms with Gasteiger partial charge in [0.15, 0.2) is 0 Å². The van der Waals surface area contributed by atoms with E-state index in [0.717, 1.165) is 6.61 Å². The molecule has 0 saturated carbocycles. The lowest BCUT2D eigenvalue weighted by molar-refractivity contribution is 0.415. The smallest absolute Gasteiger partial charge is 0.129 e. The topological polar surface area (TPSA) is 38.5 Å². The van der Waals surface area contributed by atoms with E-state index < -0.39 is 0 Å². The summed E-state index contributed by atoms with van der Waals surface area (Å²) in [4.78, 5) is 0. The molecule has 1 saturated heterocycles. The van der Waals surface area contributed by atoms with Gasteiger partial charge in [-0.05, 0) is 0 Å². The highest BCUT2D eigenvalue weighted by atomic mass is 16.6. The normalized spacial score (nSPS) is 39.8. The lowest BCUT2D eigenvalue weighted by Gasteiger charge is -1.55. The Balaban J connectivity index is 2.17. The lowest BCUT2D eigenvalue weighted by atomic mass is 10.8. The van der Waals surface area contributed by atoms with Crippen molar-refractivity contribution in [3.63, 3.8) is 0 Å². The molecule has 24 valence electrons. The van der Waals surface area contributed by atoms with Crippen LogP contribution in [0, 0.1) is 0 Å². The van der Waals surface area contributed by atoms with E-state index in [1.807, 2.05) is 0 Å². The van der Waals surface area contributed by atoms with Gasteiger partial charge in [0.1, 0.15) is 6.23 Å². The molecule has 0 amide bonds. The van der Waals surface area contributed by atoms with E-state index in [4.69, 9.17) is 5.73 Å². The van der Waals surface area contributed by atoms with E-state index in [2.05, 4.69) is 4.74 Å². The summed E-state index contributed by atoms with van der Waals surface area (Å²) in [7, 11) is 0. The lowest BCUT2D eigenvalue weighted by Crippen LogP contribution is -1.97. The molecule has 0 radical (unpaired) electrons. The number of nitrogens with two attached hydrogens (primary N) is 1. The third-order valence-corrected chi connectivity index (χ3v) is 0.359. The zero-order valence-electron chi connectivity index (χ0n) is 2.27. The van der Waals surface area contributed by atoms with Crippen molar-refractivity contribution in [3.8, 4) is 0 Å². The minimum Gasteiger partial charge on any atom is -0.357 e. The molecule has 0 unspecified atom stereocenters. The maximum atomic E-state index is 5.00. The molecule has 1 heterocycles. The van der Waals surface area contributed by atoms with Crippen molar-refractivity contribution < 1.29 is 4.74 Å². The van der Waals surface area contributed by atoms with E-state index in [1.54, 1.807) is 0 Å². The van der Waals surface area contributed by atoms with Crippen LogP contribution < -0.4 is 5.73 Å². The summed E-state index contributed by atoms with van der Waals surface area (Å²) in [5, 5.41) is 0. The Morgan fingerprint density at radius 2 is 2.25 bits per heavy atom. The Morgan fingerprint density at radius 3 is 2.25 bits per heavy atom. The number of hydrogen-bond donors (Lipinski definition) is 1. The van der Waals surface area contributed by atoms with Gasteiger partial charge >= 0.3 is 0 Å². The molecule has 1 aliphatic rings. The standard InChI is InChI=1S/C2H5NO/c3-2-1-4-2/h2H,1,3H2/t2-/m1/s1. The molecule has 0 bridgehead atoms. The quantitative estimate of drug-likeness (QED) is 0.375. The van der Waals surface area contributed by atoms with E-state index in [1.165, 1.54) is 0 Å². The molecule has 1 atom stereocenters. The van der Waals surface area contributed by atoms with Gasteiger partial charge in [-0.2, -0.15) is 0 Å². The number of ether oxygens (including phenoxy) is 1. The van der Waals surface area contributed by atoms with Crippen LogP contribution in [0.2, 0.25) is 0 Å². The van der Waals surface area contributed by atoms with Crippen LogP contribution in [0.15, 0.2) is 0 Å². The third-order valence-electron chi connectivity index (χ3n) is 0.359. The highest BCUT2D eigenvalue weighted by molar-refractivity contribution is 4.55. The first-order chi connectivity index (χ1) is 1.89. The van der Waals surface area contributed by atoms with Crippen LogP contribution in [-0.2, 0) is 4.74 Å². The molecule has 0 aromatic rings. The van der Waals surface area contributed by atoms with Crippen LogP contribution in [-0.4, -0.2) is 12.8 Å². The molecule has 2 heteroatoms. The molecule has 2 N–H and O–H groups in total. The van der Waals surface area contributed by atoms with Crippen molar-refractivity contribution in [1.29, 1.82) is 0 Å². The molecule has 2 nitrogen and oxygen atoms in total. The fourth-order valence-corrected chi connectivity index (χ4v) is 0.0556. The second-order valence-electron chi connectivity index (χ2n) is 0.872. The fraction of sp³-hybridized carbons (Fsp3) is 1.00. The molecular weight excluding hydrogens is 54.0 g/mol. The molecule has 1 aliphatic heterocycles. The summed E-state index contributed by atoms with van der Waals surface area (Å²) in [6.07, 6.45) is 0.0833. The van der Waals surface area contributed by atoms with Crippen molar-refractivity contribution in [2.24, 2.45) is 5.73 Å². The average Bonchev–Trinajstić information content (AvgIpc) is 1.75. The van der Waals surface area contributed by atoms with Gasteiger partial charge in [0.25, 0.3) is 0 Å². The van der Waals surface area contributed by atoms with Crippen molar-refractivity contribution in [2.75, 3.05) is 6.61 Å².